The molecule has 1 aliphatic rings. The number of nitrogens with zero attached hydrogens (tertiary/aromatic N) is 2. The van der Waals surface area contributed by atoms with Gasteiger partial charge < -0.3 is 20.3 Å². The van der Waals surface area contributed by atoms with E-state index in [0.717, 1.165) is 27.4 Å². The predicted molar refractivity (Wildman–Crippen MR) is 129 cm³/mol. The Labute approximate surface area is 196 Å². The molecule has 0 aliphatic heterocycles. The van der Waals surface area contributed by atoms with Crippen LogP contribution in [0.5, 0.6) is 5.75 Å². The molecule has 32 heavy (non-hydrogen) atoms. The Morgan fingerprint density at radius 2 is 1.91 bits per heavy atom. The zero-order valence-corrected chi connectivity index (χ0v) is 20.0. The lowest BCUT2D eigenvalue weighted by atomic mass is 9.88. The van der Waals surface area contributed by atoms with E-state index in [2.05, 4.69) is 19.2 Å². The van der Waals surface area contributed by atoms with Crippen LogP contribution in [0, 0.1) is 13.8 Å². The van der Waals surface area contributed by atoms with E-state index in [1.54, 1.807) is 18.4 Å². The van der Waals surface area contributed by atoms with Crippen LogP contribution in [0.2, 0.25) is 5.02 Å². The van der Waals surface area contributed by atoms with Crippen LogP contribution in [0.25, 0.3) is 10.2 Å². The molecule has 1 fully saturated rings. The Balaban J connectivity index is 0.000000668. The number of methoxy groups -OCH3 is 1. The Bertz CT molecular complexity index is 1090. The fourth-order valence-electron chi connectivity index (χ4n) is 3.94. The molecule has 0 amide bonds. The van der Waals surface area contributed by atoms with Crippen LogP contribution in [0.1, 0.15) is 59.9 Å². The van der Waals surface area contributed by atoms with Crippen LogP contribution in [-0.2, 0) is 6.54 Å². The van der Waals surface area contributed by atoms with E-state index in [-0.39, 0.29) is 0 Å². The second kappa shape index (κ2) is 10.8. The van der Waals surface area contributed by atoms with Gasteiger partial charge in [-0.25, -0.2) is 14.8 Å². The van der Waals surface area contributed by atoms with Crippen molar-refractivity contribution in [1.82, 2.24) is 9.97 Å². The maximum atomic E-state index is 8.56. The molecule has 3 aromatic rings. The predicted octanol–water partition coefficient (Wildman–Crippen LogP) is 6.85. The lowest BCUT2D eigenvalue weighted by molar-refractivity contribution is 0.137. The van der Waals surface area contributed by atoms with Crippen molar-refractivity contribution in [3.05, 3.63) is 45.1 Å². The number of benzene rings is 1. The summed E-state index contributed by atoms with van der Waals surface area (Å²) in [7, 11) is 1.63. The van der Waals surface area contributed by atoms with E-state index in [0.29, 0.717) is 23.2 Å². The van der Waals surface area contributed by atoms with Crippen molar-refractivity contribution in [2.75, 3.05) is 12.4 Å². The quantitative estimate of drug-likeness (QED) is 0.369. The first-order valence-electron chi connectivity index (χ1n) is 10.6. The number of aromatic nitrogens is 2. The molecule has 4 rings (SSSR count). The molecule has 172 valence electrons. The van der Waals surface area contributed by atoms with Crippen LogP contribution in [-0.4, -0.2) is 33.4 Å². The van der Waals surface area contributed by atoms with Crippen molar-refractivity contribution in [1.29, 1.82) is 0 Å². The van der Waals surface area contributed by atoms with Gasteiger partial charge in [-0.15, -0.1) is 11.3 Å². The second-order valence-corrected chi connectivity index (χ2v) is 9.44. The minimum Gasteiger partial charge on any atom is -0.495 e. The molecule has 0 spiro atoms. The smallest absolute Gasteiger partial charge is 0.495 e. The van der Waals surface area contributed by atoms with Crippen molar-refractivity contribution in [3.63, 3.8) is 0 Å². The largest absolute Gasteiger partial charge is 0.503 e. The standard InChI is InChI=1S/C22H26ClN3OS.CH2O3/c1-13-14(2)28-22-19(13)21(25-20(26-22)16-7-5-4-6-8-16)24-12-15-9-10-18(27-3)17(23)11-15;2-1(3)4/h9-11,16H,4-8,12H2,1-3H3,(H,24,25,26);(H2,2,3,4). The third-order valence-corrected chi connectivity index (χ3v) is 7.09. The number of hydrogen-bond donors (Lipinski definition) is 3. The lowest BCUT2D eigenvalue weighted by Crippen LogP contribution is -2.11. The van der Waals surface area contributed by atoms with Crippen LogP contribution in [0.3, 0.4) is 0 Å². The number of rotatable bonds is 5. The highest BCUT2D eigenvalue weighted by atomic mass is 35.5. The van der Waals surface area contributed by atoms with Gasteiger partial charge in [0, 0.05) is 17.3 Å². The number of ether oxygens (including phenoxy) is 1. The molecule has 0 radical (unpaired) electrons. The number of thiophene rings is 1. The first-order valence-corrected chi connectivity index (χ1v) is 11.8. The summed E-state index contributed by atoms with van der Waals surface area (Å²) >= 11 is 8.06. The minimum atomic E-state index is -1.83. The van der Waals surface area contributed by atoms with Crippen molar-refractivity contribution < 1.29 is 19.7 Å². The van der Waals surface area contributed by atoms with E-state index in [1.807, 2.05) is 18.2 Å². The second-order valence-electron chi connectivity index (χ2n) is 7.83. The van der Waals surface area contributed by atoms with Gasteiger partial charge in [0.25, 0.3) is 0 Å². The SMILES string of the molecule is COc1ccc(CNc2nc(C3CCCCC3)nc3sc(C)c(C)c23)cc1Cl.O=C(O)O. The summed E-state index contributed by atoms with van der Waals surface area (Å²) in [4.78, 5) is 20.9. The summed E-state index contributed by atoms with van der Waals surface area (Å²) in [6, 6.07) is 5.88. The van der Waals surface area contributed by atoms with Crippen molar-refractivity contribution in [2.24, 2.45) is 0 Å². The highest BCUT2D eigenvalue weighted by molar-refractivity contribution is 7.18. The lowest BCUT2D eigenvalue weighted by Gasteiger charge is -2.21. The topological polar surface area (TPSA) is 105 Å². The number of carboxylic acid groups (broad SMARTS) is 2. The summed E-state index contributed by atoms with van der Waals surface area (Å²) in [5.41, 5.74) is 2.37. The third-order valence-electron chi connectivity index (χ3n) is 5.69. The fraction of sp³-hybridized carbons (Fsp3) is 0.435. The average Bonchev–Trinajstić information content (AvgIpc) is 3.06. The molecule has 3 N–H and O–H groups in total. The van der Waals surface area contributed by atoms with Gasteiger partial charge in [0.05, 0.1) is 17.5 Å². The number of hydrogen-bond acceptors (Lipinski definition) is 6. The molecular weight excluding hydrogens is 450 g/mol. The molecule has 1 aliphatic carbocycles. The van der Waals surface area contributed by atoms with Crippen molar-refractivity contribution >= 4 is 45.1 Å². The average molecular weight is 478 g/mol. The zero-order chi connectivity index (χ0) is 23.3. The molecule has 0 bridgehead atoms. The first-order chi connectivity index (χ1) is 15.3. The van der Waals surface area contributed by atoms with Crippen LogP contribution >= 0.6 is 22.9 Å². The Hall–Kier alpha value is -2.58. The maximum Gasteiger partial charge on any atom is 0.503 e. The molecule has 0 saturated heterocycles. The molecule has 1 aromatic carbocycles. The Morgan fingerprint density at radius 1 is 1.22 bits per heavy atom. The van der Waals surface area contributed by atoms with Gasteiger partial charge in [-0.05, 0) is 49.9 Å². The summed E-state index contributed by atoms with van der Waals surface area (Å²) < 4.78 is 5.25. The van der Waals surface area contributed by atoms with Crippen molar-refractivity contribution in [2.45, 2.75) is 58.4 Å². The number of nitrogens with one attached hydrogen (secondary N) is 1. The van der Waals surface area contributed by atoms with Gasteiger partial charge in [0.2, 0.25) is 0 Å². The van der Waals surface area contributed by atoms with Gasteiger partial charge in [0.1, 0.15) is 22.2 Å². The molecule has 0 atom stereocenters. The Kier molecular flexibility index (Phi) is 8.15. The highest BCUT2D eigenvalue weighted by Crippen LogP contribution is 2.37. The van der Waals surface area contributed by atoms with Crippen LogP contribution < -0.4 is 10.1 Å². The summed E-state index contributed by atoms with van der Waals surface area (Å²) in [6.07, 6.45) is 4.45. The van der Waals surface area contributed by atoms with Gasteiger partial charge in [-0.1, -0.05) is 36.9 Å². The number of fused-ring (bicyclic) bond motifs is 1. The minimum absolute atomic E-state index is 0.483. The molecule has 9 heteroatoms. The van der Waals surface area contributed by atoms with E-state index in [1.165, 1.54) is 42.5 Å². The van der Waals surface area contributed by atoms with Crippen LogP contribution in [0.15, 0.2) is 18.2 Å². The molecule has 2 aromatic heterocycles. The number of halogens is 1. The van der Waals surface area contributed by atoms with E-state index >= 15 is 0 Å². The first kappa shape index (κ1) is 24.1. The number of aryl methyl sites for hydroxylation is 2. The number of anilines is 1. The molecule has 7 nitrogen and oxygen atoms in total. The van der Waals surface area contributed by atoms with Crippen LogP contribution in [0.4, 0.5) is 10.6 Å². The molecular formula is C23H28ClN3O4S. The van der Waals surface area contributed by atoms with E-state index in [4.69, 9.17) is 41.3 Å². The zero-order valence-electron chi connectivity index (χ0n) is 18.4. The fourth-order valence-corrected chi connectivity index (χ4v) is 5.26. The summed E-state index contributed by atoms with van der Waals surface area (Å²) in [5, 5.41) is 19.3. The molecule has 2 heterocycles. The van der Waals surface area contributed by atoms with Gasteiger partial charge in [0.15, 0.2) is 0 Å². The van der Waals surface area contributed by atoms with Gasteiger partial charge >= 0.3 is 6.16 Å². The van der Waals surface area contributed by atoms with E-state index < -0.39 is 6.16 Å². The normalized spacial score (nSPS) is 14.0. The van der Waals surface area contributed by atoms with Crippen molar-refractivity contribution in [3.8, 4) is 5.75 Å². The number of carbonyl (C=O) groups is 1. The molecule has 1 saturated carbocycles. The third kappa shape index (κ3) is 5.81. The molecule has 0 unspecified atom stereocenters. The summed E-state index contributed by atoms with van der Waals surface area (Å²) in [5.74, 6) is 3.12. The highest BCUT2D eigenvalue weighted by Gasteiger charge is 2.22. The van der Waals surface area contributed by atoms with Gasteiger partial charge in [-0.2, -0.15) is 0 Å². The van der Waals surface area contributed by atoms with Gasteiger partial charge in [-0.3, -0.25) is 0 Å². The Morgan fingerprint density at radius 3 is 2.53 bits per heavy atom. The summed E-state index contributed by atoms with van der Waals surface area (Å²) in [6.45, 7) is 4.98. The monoisotopic (exact) mass is 477 g/mol. The van der Waals surface area contributed by atoms with E-state index in [9.17, 15) is 0 Å². The maximum absolute atomic E-state index is 8.56.